The van der Waals surface area contributed by atoms with Crippen molar-refractivity contribution in [1.29, 1.82) is 0 Å². The molecule has 126 valence electrons. The van der Waals surface area contributed by atoms with Crippen LogP contribution in [0.15, 0.2) is 67.0 Å². The molecule has 0 saturated heterocycles. The molecule has 3 heteroatoms. The largest absolute Gasteiger partial charge is 0.352 e. The van der Waals surface area contributed by atoms with E-state index in [4.69, 9.17) is 0 Å². The van der Waals surface area contributed by atoms with Gasteiger partial charge in [0.1, 0.15) is 0 Å². The Hall–Kier alpha value is -2.94. The third-order valence-corrected chi connectivity index (χ3v) is 4.46. The zero-order chi connectivity index (χ0) is 17.6. The van der Waals surface area contributed by atoms with Crippen LogP contribution in [0.3, 0.4) is 0 Å². The quantitative estimate of drug-likeness (QED) is 0.756. The Labute approximate surface area is 148 Å². The first-order valence-corrected chi connectivity index (χ1v) is 8.49. The molecule has 1 aromatic heterocycles. The van der Waals surface area contributed by atoms with E-state index in [2.05, 4.69) is 48.4 Å². The van der Waals surface area contributed by atoms with Gasteiger partial charge in [0.15, 0.2) is 0 Å². The minimum Gasteiger partial charge on any atom is -0.352 e. The Kier molecular flexibility index (Phi) is 5.24. The lowest BCUT2D eigenvalue weighted by Crippen LogP contribution is -2.25. The molecule has 3 aromatic rings. The van der Waals surface area contributed by atoms with Crippen LogP contribution >= 0.6 is 0 Å². The molecule has 0 unspecified atom stereocenters. The van der Waals surface area contributed by atoms with Crippen LogP contribution in [0.4, 0.5) is 0 Å². The minimum absolute atomic E-state index is 0.0874. The molecular formula is C22H22N2O. The van der Waals surface area contributed by atoms with Crippen molar-refractivity contribution in [2.45, 2.75) is 20.3 Å². The van der Waals surface area contributed by atoms with Gasteiger partial charge in [-0.1, -0.05) is 48.5 Å². The number of pyridine rings is 1. The summed E-state index contributed by atoms with van der Waals surface area (Å²) in [5, 5.41) is 2.97. The molecule has 25 heavy (non-hydrogen) atoms. The number of nitrogens with one attached hydrogen (secondary N) is 1. The van der Waals surface area contributed by atoms with Gasteiger partial charge in [-0.05, 0) is 48.6 Å². The molecule has 0 bridgehead atoms. The van der Waals surface area contributed by atoms with Crippen LogP contribution in [-0.2, 0) is 6.42 Å². The van der Waals surface area contributed by atoms with Gasteiger partial charge in [-0.25, -0.2) is 0 Å². The molecule has 0 aliphatic carbocycles. The lowest BCUT2D eigenvalue weighted by atomic mass is 9.97. The van der Waals surface area contributed by atoms with Crippen LogP contribution in [0.2, 0.25) is 0 Å². The smallest absolute Gasteiger partial charge is 0.252 e. The molecule has 0 aliphatic heterocycles. The number of carbonyl (C=O) groups excluding carboxylic acids is 1. The zero-order valence-electron chi connectivity index (χ0n) is 14.6. The maximum Gasteiger partial charge on any atom is 0.252 e. The van der Waals surface area contributed by atoms with Gasteiger partial charge >= 0.3 is 0 Å². The van der Waals surface area contributed by atoms with Crippen LogP contribution < -0.4 is 5.32 Å². The fraction of sp³-hybridized carbons (Fsp3) is 0.182. The number of aromatic nitrogens is 1. The molecule has 0 radical (unpaired) electrons. The molecule has 2 aromatic carbocycles. The van der Waals surface area contributed by atoms with Crippen molar-refractivity contribution in [2.24, 2.45) is 0 Å². The summed E-state index contributed by atoms with van der Waals surface area (Å²) in [6.45, 7) is 4.79. The topological polar surface area (TPSA) is 42.0 Å². The summed E-state index contributed by atoms with van der Waals surface area (Å²) in [4.78, 5) is 16.7. The molecule has 0 saturated carbocycles. The molecule has 3 nitrogen and oxygen atoms in total. The van der Waals surface area contributed by atoms with E-state index in [0.29, 0.717) is 12.1 Å². The Morgan fingerprint density at radius 2 is 1.80 bits per heavy atom. The van der Waals surface area contributed by atoms with Gasteiger partial charge in [0.2, 0.25) is 0 Å². The Morgan fingerprint density at radius 1 is 1.00 bits per heavy atom. The third kappa shape index (κ3) is 4.13. The molecular weight excluding hydrogens is 308 g/mol. The standard InChI is InChI=1S/C22H22N2O/c1-16-7-6-10-21(17(16)2)19-13-20(15-23-14-19)22(25)24-12-11-18-8-4-3-5-9-18/h3-10,13-15H,11-12H2,1-2H3,(H,24,25). The maximum atomic E-state index is 12.4. The lowest BCUT2D eigenvalue weighted by molar-refractivity contribution is 0.0954. The first kappa shape index (κ1) is 16.9. The first-order chi connectivity index (χ1) is 12.1. The number of rotatable bonds is 5. The second-order valence-corrected chi connectivity index (χ2v) is 6.20. The van der Waals surface area contributed by atoms with Crippen LogP contribution in [0.5, 0.6) is 0 Å². The fourth-order valence-electron chi connectivity index (χ4n) is 2.84. The van der Waals surface area contributed by atoms with E-state index in [0.717, 1.165) is 17.5 Å². The second-order valence-electron chi connectivity index (χ2n) is 6.20. The number of aryl methyl sites for hydroxylation is 1. The highest BCUT2D eigenvalue weighted by molar-refractivity contribution is 5.95. The van der Waals surface area contributed by atoms with Crippen LogP contribution in [0.25, 0.3) is 11.1 Å². The first-order valence-electron chi connectivity index (χ1n) is 8.49. The second kappa shape index (κ2) is 7.75. The van der Waals surface area contributed by atoms with E-state index < -0.39 is 0 Å². The maximum absolute atomic E-state index is 12.4. The summed E-state index contributed by atoms with van der Waals surface area (Å²) in [6.07, 6.45) is 4.24. The summed E-state index contributed by atoms with van der Waals surface area (Å²) in [7, 11) is 0. The summed E-state index contributed by atoms with van der Waals surface area (Å²) >= 11 is 0. The summed E-state index contributed by atoms with van der Waals surface area (Å²) in [5.41, 5.74) is 6.33. The van der Waals surface area contributed by atoms with Gasteiger partial charge in [-0.2, -0.15) is 0 Å². The predicted molar refractivity (Wildman–Crippen MR) is 102 cm³/mol. The molecule has 0 aliphatic rings. The molecule has 3 rings (SSSR count). The molecule has 0 spiro atoms. The molecule has 0 fully saturated rings. The number of nitrogens with zero attached hydrogens (tertiary/aromatic N) is 1. The normalized spacial score (nSPS) is 10.5. The van der Waals surface area contributed by atoms with Gasteiger partial charge < -0.3 is 5.32 Å². The Morgan fingerprint density at radius 3 is 2.60 bits per heavy atom. The van der Waals surface area contributed by atoms with Crippen molar-refractivity contribution in [2.75, 3.05) is 6.54 Å². The third-order valence-electron chi connectivity index (χ3n) is 4.46. The van der Waals surface area contributed by atoms with Crippen LogP contribution in [-0.4, -0.2) is 17.4 Å². The predicted octanol–water partition coefficient (Wildman–Crippen LogP) is 4.34. The van der Waals surface area contributed by atoms with Crippen molar-refractivity contribution >= 4 is 5.91 Å². The van der Waals surface area contributed by atoms with Gasteiger partial charge in [-0.15, -0.1) is 0 Å². The van der Waals surface area contributed by atoms with Crippen molar-refractivity contribution in [3.05, 3.63) is 89.2 Å². The van der Waals surface area contributed by atoms with Gasteiger partial charge in [0.25, 0.3) is 5.91 Å². The molecule has 0 atom stereocenters. The van der Waals surface area contributed by atoms with E-state index >= 15 is 0 Å². The average Bonchev–Trinajstić information content (AvgIpc) is 2.65. The van der Waals surface area contributed by atoms with Gasteiger partial charge in [-0.3, -0.25) is 9.78 Å². The SMILES string of the molecule is Cc1cccc(-c2cncc(C(=O)NCCc3ccccc3)c2)c1C. The highest BCUT2D eigenvalue weighted by Crippen LogP contribution is 2.25. The van der Waals surface area contributed by atoms with Crippen molar-refractivity contribution in [3.63, 3.8) is 0 Å². The van der Waals surface area contributed by atoms with Crippen molar-refractivity contribution < 1.29 is 4.79 Å². The van der Waals surface area contributed by atoms with Crippen LogP contribution in [0, 0.1) is 13.8 Å². The molecule has 1 N–H and O–H groups in total. The summed E-state index contributed by atoms with van der Waals surface area (Å²) in [6, 6.07) is 18.2. The monoisotopic (exact) mass is 330 g/mol. The molecule has 1 amide bonds. The van der Waals surface area contributed by atoms with E-state index in [-0.39, 0.29) is 5.91 Å². The molecule has 1 heterocycles. The number of amides is 1. The van der Waals surface area contributed by atoms with E-state index in [1.807, 2.05) is 36.5 Å². The number of hydrogen-bond acceptors (Lipinski definition) is 2. The van der Waals surface area contributed by atoms with Gasteiger partial charge in [0, 0.05) is 24.5 Å². The summed E-state index contributed by atoms with van der Waals surface area (Å²) in [5.74, 6) is -0.0874. The number of benzene rings is 2. The minimum atomic E-state index is -0.0874. The average molecular weight is 330 g/mol. The van der Waals surface area contributed by atoms with Crippen molar-refractivity contribution in [3.8, 4) is 11.1 Å². The Bertz CT molecular complexity index is 872. The number of hydrogen-bond donors (Lipinski definition) is 1. The van der Waals surface area contributed by atoms with Gasteiger partial charge in [0.05, 0.1) is 5.56 Å². The zero-order valence-corrected chi connectivity index (χ0v) is 14.6. The van der Waals surface area contributed by atoms with E-state index in [9.17, 15) is 4.79 Å². The van der Waals surface area contributed by atoms with Crippen molar-refractivity contribution in [1.82, 2.24) is 10.3 Å². The lowest BCUT2D eigenvalue weighted by Gasteiger charge is -2.10. The fourth-order valence-corrected chi connectivity index (χ4v) is 2.84. The highest BCUT2D eigenvalue weighted by Gasteiger charge is 2.09. The van der Waals surface area contributed by atoms with E-state index in [1.54, 1.807) is 6.20 Å². The number of carbonyl (C=O) groups is 1. The highest BCUT2D eigenvalue weighted by atomic mass is 16.1. The van der Waals surface area contributed by atoms with E-state index in [1.165, 1.54) is 16.7 Å². The van der Waals surface area contributed by atoms with Crippen LogP contribution in [0.1, 0.15) is 27.0 Å². The Balaban J connectivity index is 1.70. The summed E-state index contributed by atoms with van der Waals surface area (Å²) < 4.78 is 0.